The summed E-state index contributed by atoms with van der Waals surface area (Å²) in [6.07, 6.45) is 2.81. The molecule has 1 aromatic carbocycles. The van der Waals surface area contributed by atoms with Crippen molar-refractivity contribution in [3.05, 3.63) is 47.9 Å². The quantitative estimate of drug-likeness (QED) is 0.742. The Morgan fingerprint density at radius 3 is 2.89 bits per heavy atom. The SMILES string of the molecule is O=C(O)C1=C[C@H](c2ccccc2O)n2ncnc2N1. The lowest BCUT2D eigenvalue weighted by molar-refractivity contribution is -0.132. The molecular weight excluding hydrogens is 248 g/mol. The minimum atomic E-state index is -1.09. The first-order chi connectivity index (χ1) is 9.16. The normalized spacial score (nSPS) is 17.3. The molecule has 0 amide bonds. The van der Waals surface area contributed by atoms with Crippen LogP contribution in [0.15, 0.2) is 42.4 Å². The van der Waals surface area contributed by atoms with Crippen molar-refractivity contribution in [2.45, 2.75) is 6.04 Å². The van der Waals surface area contributed by atoms with E-state index in [1.165, 1.54) is 17.1 Å². The molecule has 2 aromatic rings. The second kappa shape index (κ2) is 4.13. The van der Waals surface area contributed by atoms with Crippen LogP contribution >= 0.6 is 0 Å². The van der Waals surface area contributed by atoms with E-state index >= 15 is 0 Å². The molecule has 0 saturated carbocycles. The first-order valence-corrected chi connectivity index (χ1v) is 5.56. The number of hydrogen-bond acceptors (Lipinski definition) is 5. The summed E-state index contributed by atoms with van der Waals surface area (Å²) in [5, 5.41) is 25.7. The summed E-state index contributed by atoms with van der Waals surface area (Å²) in [6.45, 7) is 0. The number of hydrogen-bond donors (Lipinski definition) is 3. The third-order valence-corrected chi connectivity index (χ3v) is 2.89. The highest BCUT2D eigenvalue weighted by Crippen LogP contribution is 2.32. The molecule has 7 nitrogen and oxygen atoms in total. The van der Waals surface area contributed by atoms with E-state index < -0.39 is 12.0 Å². The Balaban J connectivity index is 2.15. The monoisotopic (exact) mass is 258 g/mol. The van der Waals surface area contributed by atoms with Crippen LogP contribution in [0.5, 0.6) is 5.75 Å². The van der Waals surface area contributed by atoms with Crippen molar-refractivity contribution in [1.29, 1.82) is 0 Å². The number of phenols is 1. The molecule has 1 atom stereocenters. The van der Waals surface area contributed by atoms with E-state index in [-0.39, 0.29) is 11.4 Å². The predicted molar refractivity (Wildman–Crippen MR) is 65.6 cm³/mol. The second-order valence-corrected chi connectivity index (χ2v) is 4.04. The molecule has 1 aliphatic heterocycles. The Morgan fingerprint density at radius 1 is 1.37 bits per heavy atom. The number of carboxylic acids is 1. The zero-order valence-electron chi connectivity index (χ0n) is 9.69. The maximum Gasteiger partial charge on any atom is 0.352 e. The molecule has 1 aromatic heterocycles. The van der Waals surface area contributed by atoms with Crippen molar-refractivity contribution in [2.75, 3.05) is 5.32 Å². The van der Waals surface area contributed by atoms with Crippen LogP contribution in [0.3, 0.4) is 0 Å². The summed E-state index contributed by atoms with van der Waals surface area (Å²) < 4.78 is 1.52. The van der Waals surface area contributed by atoms with E-state index in [1.807, 2.05) is 0 Å². The molecule has 3 N–H and O–H groups in total. The van der Waals surface area contributed by atoms with Crippen molar-refractivity contribution >= 4 is 11.9 Å². The van der Waals surface area contributed by atoms with Crippen molar-refractivity contribution in [2.24, 2.45) is 0 Å². The summed E-state index contributed by atoms with van der Waals surface area (Å²) in [6, 6.07) is 6.21. The molecule has 0 saturated heterocycles. The van der Waals surface area contributed by atoms with Crippen LogP contribution in [0, 0.1) is 0 Å². The van der Waals surface area contributed by atoms with Crippen molar-refractivity contribution in [3.8, 4) is 5.75 Å². The number of nitrogens with one attached hydrogen (secondary N) is 1. The molecule has 19 heavy (non-hydrogen) atoms. The fraction of sp³-hybridized carbons (Fsp3) is 0.0833. The Labute approximate surface area is 107 Å². The van der Waals surface area contributed by atoms with Gasteiger partial charge in [0.1, 0.15) is 23.8 Å². The maximum atomic E-state index is 11.1. The van der Waals surface area contributed by atoms with Crippen LogP contribution < -0.4 is 5.32 Å². The first-order valence-electron chi connectivity index (χ1n) is 5.56. The lowest BCUT2D eigenvalue weighted by Gasteiger charge is -2.22. The highest BCUT2D eigenvalue weighted by atomic mass is 16.4. The summed E-state index contributed by atoms with van der Waals surface area (Å²) in [7, 11) is 0. The summed E-state index contributed by atoms with van der Waals surface area (Å²) in [4.78, 5) is 15.0. The zero-order chi connectivity index (χ0) is 13.4. The third kappa shape index (κ3) is 1.81. The average molecular weight is 258 g/mol. The minimum Gasteiger partial charge on any atom is -0.508 e. The summed E-state index contributed by atoms with van der Waals surface area (Å²) in [5.41, 5.74) is 0.572. The lowest BCUT2D eigenvalue weighted by atomic mass is 10.0. The number of carbonyl (C=O) groups is 1. The van der Waals surface area contributed by atoms with Gasteiger partial charge in [-0.25, -0.2) is 9.48 Å². The van der Waals surface area contributed by atoms with Crippen molar-refractivity contribution in [3.63, 3.8) is 0 Å². The molecule has 0 radical (unpaired) electrons. The predicted octanol–water partition coefficient (Wildman–Crippen LogP) is 0.967. The standard InChI is InChI=1S/C12H10N4O3/c17-10-4-2-1-3-7(10)9-5-8(11(18)19)15-12-13-6-14-16(9)12/h1-6,9,17H,(H,18,19)(H,13,14,15)/t9-/m1/s1. The summed E-state index contributed by atoms with van der Waals surface area (Å²) >= 11 is 0. The number of anilines is 1. The number of fused-ring (bicyclic) bond motifs is 1. The highest BCUT2D eigenvalue weighted by molar-refractivity contribution is 5.90. The zero-order valence-corrected chi connectivity index (χ0v) is 9.69. The van der Waals surface area contributed by atoms with Crippen molar-refractivity contribution < 1.29 is 15.0 Å². The largest absolute Gasteiger partial charge is 0.508 e. The van der Waals surface area contributed by atoms with Crippen LogP contribution in [0.4, 0.5) is 5.95 Å². The lowest BCUT2D eigenvalue weighted by Crippen LogP contribution is -2.24. The van der Waals surface area contributed by atoms with Gasteiger partial charge in [-0.05, 0) is 12.1 Å². The molecule has 96 valence electrons. The number of aromatic nitrogens is 3. The molecule has 1 aliphatic rings. The van der Waals surface area contributed by atoms with Gasteiger partial charge in [-0.3, -0.25) is 0 Å². The minimum absolute atomic E-state index is 0.00810. The van der Waals surface area contributed by atoms with Crippen LogP contribution in [0.1, 0.15) is 11.6 Å². The molecule has 3 rings (SSSR count). The molecule has 0 spiro atoms. The van der Waals surface area contributed by atoms with Gasteiger partial charge in [-0.2, -0.15) is 10.1 Å². The topological polar surface area (TPSA) is 100 Å². The molecular formula is C12H10N4O3. The molecule has 7 heteroatoms. The molecule has 0 bridgehead atoms. The van der Waals surface area contributed by atoms with Crippen molar-refractivity contribution in [1.82, 2.24) is 14.8 Å². The molecule has 0 unspecified atom stereocenters. The third-order valence-electron chi connectivity index (χ3n) is 2.89. The maximum absolute atomic E-state index is 11.1. The average Bonchev–Trinajstić information content (AvgIpc) is 2.86. The van der Waals surface area contributed by atoms with Gasteiger partial charge >= 0.3 is 5.97 Å². The first kappa shape index (κ1) is 11.3. The van der Waals surface area contributed by atoms with Crippen LogP contribution in [-0.4, -0.2) is 30.9 Å². The van der Waals surface area contributed by atoms with Gasteiger partial charge in [-0.1, -0.05) is 18.2 Å². The van der Waals surface area contributed by atoms with Gasteiger partial charge in [0.25, 0.3) is 0 Å². The number of para-hydroxylation sites is 1. The Morgan fingerprint density at radius 2 is 2.16 bits per heavy atom. The van der Waals surface area contributed by atoms with E-state index in [0.717, 1.165) is 0 Å². The van der Waals surface area contributed by atoms with E-state index in [4.69, 9.17) is 5.11 Å². The van der Waals surface area contributed by atoms with Gasteiger partial charge in [0.05, 0.1) is 0 Å². The number of aliphatic carboxylic acids is 1. The highest BCUT2D eigenvalue weighted by Gasteiger charge is 2.26. The van der Waals surface area contributed by atoms with Gasteiger partial charge in [0.2, 0.25) is 5.95 Å². The number of benzene rings is 1. The second-order valence-electron chi connectivity index (χ2n) is 4.04. The fourth-order valence-corrected chi connectivity index (χ4v) is 2.02. The number of nitrogens with zero attached hydrogens (tertiary/aromatic N) is 3. The van der Waals surface area contributed by atoms with Crippen LogP contribution in [0.2, 0.25) is 0 Å². The number of aromatic hydroxyl groups is 1. The number of allylic oxidation sites excluding steroid dienone is 1. The van der Waals surface area contributed by atoms with Gasteiger partial charge in [0, 0.05) is 5.56 Å². The van der Waals surface area contributed by atoms with E-state index in [0.29, 0.717) is 11.5 Å². The molecule has 0 aliphatic carbocycles. The Bertz CT molecular complexity index is 677. The summed E-state index contributed by atoms with van der Waals surface area (Å²) in [5.74, 6) is -0.681. The fourth-order valence-electron chi connectivity index (χ4n) is 2.02. The Hall–Kier alpha value is -2.83. The van der Waals surface area contributed by atoms with E-state index in [2.05, 4.69) is 15.4 Å². The van der Waals surface area contributed by atoms with E-state index in [9.17, 15) is 9.90 Å². The van der Waals surface area contributed by atoms with Crippen LogP contribution in [-0.2, 0) is 4.79 Å². The van der Waals surface area contributed by atoms with Crippen LogP contribution in [0.25, 0.3) is 0 Å². The number of rotatable bonds is 2. The van der Waals surface area contributed by atoms with Gasteiger partial charge in [-0.15, -0.1) is 0 Å². The number of phenolic OH excluding ortho intramolecular Hbond substituents is 1. The Kier molecular flexibility index (Phi) is 2.45. The smallest absolute Gasteiger partial charge is 0.352 e. The molecule has 2 heterocycles. The van der Waals surface area contributed by atoms with E-state index in [1.54, 1.807) is 24.3 Å². The van der Waals surface area contributed by atoms with Gasteiger partial charge in [0.15, 0.2) is 0 Å². The van der Waals surface area contributed by atoms with Gasteiger partial charge < -0.3 is 15.5 Å². The number of carboxylic acid groups (broad SMARTS) is 1. The molecule has 0 fully saturated rings.